The van der Waals surface area contributed by atoms with Crippen LogP contribution < -0.4 is 0 Å². The molecule has 2 rings (SSSR count). The number of hydrogen-bond acceptors (Lipinski definition) is 3. The van der Waals surface area contributed by atoms with E-state index in [2.05, 4.69) is 23.6 Å². The van der Waals surface area contributed by atoms with E-state index < -0.39 is 0 Å². The summed E-state index contributed by atoms with van der Waals surface area (Å²) in [6.07, 6.45) is 2.32. The van der Waals surface area contributed by atoms with Crippen molar-refractivity contribution in [2.24, 2.45) is 5.92 Å². The minimum absolute atomic E-state index is 0.200. The first-order valence-electron chi connectivity index (χ1n) is 8.97. The predicted molar refractivity (Wildman–Crippen MR) is 91.1 cm³/mol. The van der Waals surface area contributed by atoms with Gasteiger partial charge in [0.25, 0.3) is 0 Å². The molecule has 128 valence electrons. The molecule has 0 N–H and O–H groups in total. The second-order valence-electron chi connectivity index (χ2n) is 7.16. The number of hydrogen-bond donors (Lipinski definition) is 0. The molecule has 5 nitrogen and oxygen atoms in total. The SMILES string of the molecule is CCN(C)C(=O)N1CCC(CN2CCN(C(C)C)CC2)CC1. The Morgan fingerprint density at radius 3 is 2.18 bits per heavy atom. The first-order chi connectivity index (χ1) is 10.5. The molecule has 22 heavy (non-hydrogen) atoms. The van der Waals surface area contributed by atoms with Gasteiger partial charge in [0.2, 0.25) is 0 Å². The number of piperazine rings is 1. The lowest BCUT2D eigenvalue weighted by Crippen LogP contribution is -2.51. The summed E-state index contributed by atoms with van der Waals surface area (Å²) in [6, 6.07) is 0.874. The second-order valence-corrected chi connectivity index (χ2v) is 7.16. The molecule has 0 unspecified atom stereocenters. The van der Waals surface area contributed by atoms with Crippen LogP contribution in [-0.4, -0.2) is 91.1 Å². The standard InChI is InChI=1S/C17H34N4O/c1-5-18(4)17(22)21-8-6-16(7-9-21)14-19-10-12-20(13-11-19)15(2)3/h15-16H,5-14H2,1-4H3. The minimum Gasteiger partial charge on any atom is -0.328 e. The van der Waals surface area contributed by atoms with E-state index in [1.807, 2.05) is 23.8 Å². The van der Waals surface area contributed by atoms with Crippen molar-refractivity contribution in [3.8, 4) is 0 Å². The van der Waals surface area contributed by atoms with Crippen LogP contribution >= 0.6 is 0 Å². The molecule has 0 aromatic carbocycles. The van der Waals surface area contributed by atoms with Crippen LogP contribution in [0.25, 0.3) is 0 Å². The number of urea groups is 1. The van der Waals surface area contributed by atoms with Crippen LogP contribution in [0.4, 0.5) is 4.79 Å². The van der Waals surface area contributed by atoms with Gasteiger partial charge in [-0.2, -0.15) is 0 Å². The predicted octanol–water partition coefficient (Wildman–Crippen LogP) is 1.80. The molecule has 2 aliphatic heterocycles. The maximum Gasteiger partial charge on any atom is 0.319 e. The summed E-state index contributed by atoms with van der Waals surface area (Å²) in [5.74, 6) is 0.765. The average Bonchev–Trinajstić information content (AvgIpc) is 2.54. The molecule has 0 aromatic heterocycles. The van der Waals surface area contributed by atoms with E-state index in [-0.39, 0.29) is 6.03 Å². The average molecular weight is 310 g/mol. The molecule has 0 atom stereocenters. The minimum atomic E-state index is 0.200. The fourth-order valence-corrected chi connectivity index (χ4v) is 3.51. The zero-order valence-electron chi connectivity index (χ0n) is 14.9. The van der Waals surface area contributed by atoms with Crippen molar-refractivity contribution in [1.82, 2.24) is 19.6 Å². The molecule has 5 heteroatoms. The summed E-state index contributed by atoms with van der Waals surface area (Å²) in [5, 5.41) is 0. The van der Waals surface area contributed by atoms with E-state index in [4.69, 9.17) is 0 Å². The molecule has 2 aliphatic rings. The van der Waals surface area contributed by atoms with E-state index in [0.29, 0.717) is 6.04 Å². The van der Waals surface area contributed by atoms with Gasteiger partial charge in [0.15, 0.2) is 0 Å². The molecule has 2 amide bonds. The van der Waals surface area contributed by atoms with Crippen LogP contribution in [0.3, 0.4) is 0 Å². The summed E-state index contributed by atoms with van der Waals surface area (Å²) in [7, 11) is 1.89. The van der Waals surface area contributed by atoms with Gasteiger partial charge in [-0.15, -0.1) is 0 Å². The van der Waals surface area contributed by atoms with E-state index in [9.17, 15) is 4.79 Å². The zero-order chi connectivity index (χ0) is 16.1. The highest BCUT2D eigenvalue weighted by Gasteiger charge is 2.27. The van der Waals surface area contributed by atoms with Gasteiger partial charge < -0.3 is 14.7 Å². The lowest BCUT2D eigenvalue weighted by molar-refractivity contribution is 0.0817. The van der Waals surface area contributed by atoms with Crippen molar-refractivity contribution < 1.29 is 4.79 Å². The summed E-state index contributed by atoms with van der Waals surface area (Å²) < 4.78 is 0. The van der Waals surface area contributed by atoms with Gasteiger partial charge in [-0.3, -0.25) is 4.90 Å². The van der Waals surface area contributed by atoms with Gasteiger partial charge >= 0.3 is 6.03 Å². The summed E-state index contributed by atoms with van der Waals surface area (Å²) in [4.78, 5) is 21.2. The lowest BCUT2D eigenvalue weighted by Gasteiger charge is -2.40. The van der Waals surface area contributed by atoms with Crippen molar-refractivity contribution in [2.75, 3.05) is 59.4 Å². The van der Waals surface area contributed by atoms with Crippen molar-refractivity contribution in [3.63, 3.8) is 0 Å². The highest BCUT2D eigenvalue weighted by molar-refractivity contribution is 5.74. The first-order valence-corrected chi connectivity index (χ1v) is 8.97. The Hall–Kier alpha value is -0.810. The fraction of sp³-hybridized carbons (Fsp3) is 0.941. The third-order valence-electron chi connectivity index (χ3n) is 5.34. The van der Waals surface area contributed by atoms with Crippen LogP contribution in [-0.2, 0) is 0 Å². The van der Waals surface area contributed by atoms with Gasteiger partial charge in [0.1, 0.15) is 0 Å². The molecule has 2 fully saturated rings. The molecule has 2 saturated heterocycles. The number of rotatable bonds is 4. The number of nitrogens with zero attached hydrogens (tertiary/aromatic N) is 4. The highest BCUT2D eigenvalue weighted by Crippen LogP contribution is 2.20. The first kappa shape index (κ1) is 17.5. The van der Waals surface area contributed by atoms with Gasteiger partial charge in [-0.1, -0.05) is 0 Å². The topological polar surface area (TPSA) is 30.0 Å². The van der Waals surface area contributed by atoms with Crippen LogP contribution in [0.1, 0.15) is 33.6 Å². The molecular formula is C17H34N4O. The number of carbonyl (C=O) groups excluding carboxylic acids is 1. The molecule has 0 saturated carbocycles. The van der Waals surface area contributed by atoms with Crippen molar-refractivity contribution in [2.45, 2.75) is 39.7 Å². The molecule has 0 radical (unpaired) electrons. The van der Waals surface area contributed by atoms with Gasteiger partial charge in [-0.25, -0.2) is 4.79 Å². The Labute approximate surface area is 136 Å². The third-order valence-corrected chi connectivity index (χ3v) is 5.34. The Morgan fingerprint density at radius 2 is 1.68 bits per heavy atom. The fourth-order valence-electron chi connectivity index (χ4n) is 3.51. The normalized spacial score (nSPS) is 22.3. The van der Waals surface area contributed by atoms with E-state index in [1.54, 1.807) is 0 Å². The Balaban J connectivity index is 1.69. The van der Waals surface area contributed by atoms with Gasteiger partial charge in [0, 0.05) is 65.4 Å². The Bertz CT molecular complexity index is 345. The van der Waals surface area contributed by atoms with Crippen LogP contribution in [0.2, 0.25) is 0 Å². The quantitative estimate of drug-likeness (QED) is 0.793. The lowest BCUT2D eigenvalue weighted by atomic mass is 9.96. The highest BCUT2D eigenvalue weighted by atomic mass is 16.2. The Morgan fingerprint density at radius 1 is 1.09 bits per heavy atom. The maximum atomic E-state index is 12.2. The zero-order valence-corrected chi connectivity index (χ0v) is 14.9. The molecular weight excluding hydrogens is 276 g/mol. The molecule has 0 bridgehead atoms. The van der Waals surface area contributed by atoms with Gasteiger partial charge in [0.05, 0.1) is 0 Å². The van der Waals surface area contributed by atoms with Crippen molar-refractivity contribution in [1.29, 1.82) is 0 Å². The Kier molecular flexibility index (Phi) is 6.50. The molecule has 2 heterocycles. The van der Waals surface area contributed by atoms with Crippen molar-refractivity contribution >= 4 is 6.03 Å². The number of amides is 2. The van der Waals surface area contributed by atoms with Gasteiger partial charge in [-0.05, 0) is 39.5 Å². The monoisotopic (exact) mass is 310 g/mol. The third kappa shape index (κ3) is 4.59. The number of piperidine rings is 1. The number of carbonyl (C=O) groups is 1. The van der Waals surface area contributed by atoms with Crippen LogP contribution in [0, 0.1) is 5.92 Å². The largest absolute Gasteiger partial charge is 0.328 e. The van der Waals surface area contributed by atoms with E-state index >= 15 is 0 Å². The summed E-state index contributed by atoms with van der Waals surface area (Å²) in [5.41, 5.74) is 0. The van der Waals surface area contributed by atoms with E-state index in [0.717, 1.165) is 38.4 Å². The maximum absolute atomic E-state index is 12.2. The van der Waals surface area contributed by atoms with Crippen molar-refractivity contribution in [3.05, 3.63) is 0 Å². The smallest absolute Gasteiger partial charge is 0.319 e. The number of likely N-dealkylation sites (tertiary alicyclic amines) is 1. The molecule has 0 aromatic rings. The van der Waals surface area contributed by atoms with Crippen LogP contribution in [0.15, 0.2) is 0 Å². The summed E-state index contributed by atoms with van der Waals surface area (Å²) >= 11 is 0. The second kappa shape index (κ2) is 8.16. The van der Waals surface area contributed by atoms with Crippen LogP contribution in [0.5, 0.6) is 0 Å². The summed E-state index contributed by atoms with van der Waals surface area (Å²) in [6.45, 7) is 15.3. The van der Waals surface area contributed by atoms with E-state index in [1.165, 1.54) is 32.7 Å². The molecule has 0 aliphatic carbocycles. The molecule has 0 spiro atoms.